The van der Waals surface area contributed by atoms with Crippen molar-refractivity contribution < 1.29 is 4.92 Å². The van der Waals surface area contributed by atoms with E-state index in [0.717, 1.165) is 13.0 Å². The molecule has 0 aliphatic rings. The minimum absolute atomic E-state index is 0.175. The van der Waals surface area contributed by atoms with E-state index in [1.807, 2.05) is 6.92 Å². The molecule has 120 valence electrons. The van der Waals surface area contributed by atoms with Gasteiger partial charge in [-0.3, -0.25) is 10.1 Å². The van der Waals surface area contributed by atoms with Crippen LogP contribution in [0, 0.1) is 10.1 Å². The lowest BCUT2D eigenvalue weighted by molar-refractivity contribution is -0.520. The molecule has 20 heavy (non-hydrogen) atoms. The van der Waals surface area contributed by atoms with Crippen molar-refractivity contribution in [1.82, 2.24) is 5.32 Å². The molecule has 1 N–H and O–H groups in total. The van der Waals surface area contributed by atoms with Crippen molar-refractivity contribution in [3.8, 4) is 0 Å². The van der Waals surface area contributed by atoms with Gasteiger partial charge in [0.2, 0.25) is 6.04 Å². The minimum Gasteiger partial charge on any atom is -0.310 e. The van der Waals surface area contributed by atoms with Crippen LogP contribution in [0.25, 0.3) is 0 Å². The molecule has 0 rings (SSSR count). The SMILES string of the molecule is CCCCCCCCCCCCNCC(CC)[N+](=O)[O-]. The Morgan fingerprint density at radius 1 is 0.900 bits per heavy atom. The molecule has 0 aromatic carbocycles. The van der Waals surface area contributed by atoms with Gasteiger partial charge in [-0.25, -0.2) is 0 Å². The molecule has 0 fully saturated rings. The minimum atomic E-state index is -0.418. The van der Waals surface area contributed by atoms with Crippen molar-refractivity contribution in [2.24, 2.45) is 0 Å². The van der Waals surface area contributed by atoms with E-state index < -0.39 is 6.04 Å². The van der Waals surface area contributed by atoms with Crippen molar-refractivity contribution in [2.45, 2.75) is 90.5 Å². The van der Waals surface area contributed by atoms with Gasteiger partial charge < -0.3 is 5.32 Å². The van der Waals surface area contributed by atoms with E-state index in [1.54, 1.807) is 0 Å². The van der Waals surface area contributed by atoms with E-state index in [-0.39, 0.29) is 4.92 Å². The normalized spacial score (nSPS) is 12.5. The monoisotopic (exact) mass is 286 g/mol. The largest absolute Gasteiger partial charge is 0.310 e. The summed E-state index contributed by atoms with van der Waals surface area (Å²) in [4.78, 5) is 10.5. The van der Waals surface area contributed by atoms with Gasteiger partial charge in [0.25, 0.3) is 0 Å². The summed E-state index contributed by atoms with van der Waals surface area (Å²) in [5, 5.41) is 13.8. The van der Waals surface area contributed by atoms with Crippen molar-refractivity contribution in [3.05, 3.63) is 10.1 Å². The summed E-state index contributed by atoms with van der Waals surface area (Å²) in [6.45, 7) is 5.56. The zero-order chi connectivity index (χ0) is 15.1. The number of nitrogens with zero attached hydrogens (tertiary/aromatic N) is 1. The van der Waals surface area contributed by atoms with Crippen LogP contribution in [0.5, 0.6) is 0 Å². The average Bonchev–Trinajstić information content (AvgIpc) is 2.43. The van der Waals surface area contributed by atoms with Gasteiger partial charge in [-0.2, -0.15) is 0 Å². The maximum Gasteiger partial charge on any atom is 0.225 e. The second-order valence-electron chi connectivity index (χ2n) is 5.73. The van der Waals surface area contributed by atoms with Crippen LogP contribution in [0.1, 0.15) is 84.5 Å². The van der Waals surface area contributed by atoms with Crippen molar-refractivity contribution >= 4 is 0 Å². The Labute approximate surface area is 124 Å². The van der Waals surface area contributed by atoms with E-state index in [9.17, 15) is 10.1 Å². The maximum atomic E-state index is 10.6. The molecule has 4 heteroatoms. The summed E-state index contributed by atoms with van der Waals surface area (Å²) in [6, 6.07) is -0.418. The zero-order valence-corrected chi connectivity index (χ0v) is 13.5. The van der Waals surface area contributed by atoms with E-state index in [4.69, 9.17) is 0 Å². The molecule has 1 unspecified atom stereocenters. The van der Waals surface area contributed by atoms with Gasteiger partial charge in [-0.15, -0.1) is 0 Å². The molecule has 0 saturated heterocycles. The third-order valence-corrected chi connectivity index (χ3v) is 3.86. The van der Waals surface area contributed by atoms with Crippen molar-refractivity contribution in [1.29, 1.82) is 0 Å². The molecule has 0 spiro atoms. The first-order valence-corrected chi connectivity index (χ1v) is 8.56. The highest BCUT2D eigenvalue weighted by Gasteiger charge is 2.15. The summed E-state index contributed by atoms with van der Waals surface area (Å²) < 4.78 is 0. The van der Waals surface area contributed by atoms with Crippen LogP contribution in [-0.2, 0) is 0 Å². The third-order valence-electron chi connectivity index (χ3n) is 3.86. The molecule has 0 amide bonds. The molecular weight excluding hydrogens is 252 g/mol. The van der Waals surface area contributed by atoms with Crippen LogP contribution < -0.4 is 5.32 Å². The van der Waals surface area contributed by atoms with Crippen molar-refractivity contribution in [2.75, 3.05) is 13.1 Å². The van der Waals surface area contributed by atoms with Gasteiger partial charge in [-0.1, -0.05) is 71.6 Å². The Morgan fingerprint density at radius 2 is 1.40 bits per heavy atom. The van der Waals surface area contributed by atoms with Gasteiger partial charge in [-0.05, 0) is 13.0 Å². The molecule has 0 heterocycles. The lowest BCUT2D eigenvalue weighted by Crippen LogP contribution is -2.32. The number of rotatable bonds is 15. The Bertz CT molecular complexity index is 223. The summed E-state index contributed by atoms with van der Waals surface area (Å²) in [6.07, 6.45) is 13.9. The number of hydrogen-bond acceptors (Lipinski definition) is 3. The maximum absolute atomic E-state index is 10.6. The highest BCUT2D eigenvalue weighted by molar-refractivity contribution is 4.58. The number of nitrogens with one attached hydrogen (secondary N) is 1. The first kappa shape index (κ1) is 19.4. The first-order valence-electron chi connectivity index (χ1n) is 8.56. The van der Waals surface area contributed by atoms with E-state index in [2.05, 4.69) is 12.2 Å². The predicted octanol–water partition coefficient (Wildman–Crippen LogP) is 4.55. The summed E-state index contributed by atoms with van der Waals surface area (Å²) in [5.41, 5.74) is 0. The summed E-state index contributed by atoms with van der Waals surface area (Å²) >= 11 is 0. The van der Waals surface area contributed by atoms with Gasteiger partial charge in [0.05, 0.1) is 6.54 Å². The van der Waals surface area contributed by atoms with E-state index >= 15 is 0 Å². The molecular formula is C16H34N2O2. The molecule has 0 aromatic rings. The molecule has 0 aromatic heterocycles. The standard InChI is InChI=1S/C16H34N2O2/c1-3-5-6-7-8-9-10-11-12-13-14-17-15-16(4-2)18(19)20/h16-17H,3-15H2,1-2H3. The molecule has 0 aliphatic heterocycles. The van der Waals surface area contributed by atoms with E-state index in [1.165, 1.54) is 57.8 Å². The Morgan fingerprint density at radius 3 is 1.85 bits per heavy atom. The van der Waals surface area contributed by atoms with Gasteiger partial charge in [0, 0.05) is 11.3 Å². The van der Waals surface area contributed by atoms with Crippen LogP contribution in [0.2, 0.25) is 0 Å². The second kappa shape index (κ2) is 14.8. The smallest absolute Gasteiger partial charge is 0.225 e. The Hall–Kier alpha value is -0.640. The molecule has 4 nitrogen and oxygen atoms in total. The molecule has 0 radical (unpaired) electrons. The first-order chi connectivity index (χ1) is 9.72. The topological polar surface area (TPSA) is 55.2 Å². The fraction of sp³-hybridized carbons (Fsp3) is 1.00. The molecule has 0 aliphatic carbocycles. The second-order valence-corrected chi connectivity index (χ2v) is 5.73. The summed E-state index contributed by atoms with van der Waals surface area (Å²) in [7, 11) is 0. The Kier molecular flexibility index (Phi) is 14.3. The lowest BCUT2D eigenvalue weighted by atomic mass is 10.1. The summed E-state index contributed by atoms with van der Waals surface area (Å²) in [5.74, 6) is 0. The Balaban J connectivity index is 3.15. The fourth-order valence-electron chi connectivity index (χ4n) is 2.37. The number of nitro groups is 1. The average molecular weight is 286 g/mol. The van der Waals surface area contributed by atoms with Crippen LogP contribution in [0.4, 0.5) is 0 Å². The predicted molar refractivity (Wildman–Crippen MR) is 85.8 cm³/mol. The van der Waals surface area contributed by atoms with Crippen LogP contribution in [0.3, 0.4) is 0 Å². The van der Waals surface area contributed by atoms with Crippen molar-refractivity contribution in [3.63, 3.8) is 0 Å². The highest BCUT2D eigenvalue weighted by Crippen LogP contribution is 2.10. The van der Waals surface area contributed by atoms with Crippen LogP contribution >= 0.6 is 0 Å². The highest BCUT2D eigenvalue weighted by atomic mass is 16.6. The zero-order valence-electron chi connectivity index (χ0n) is 13.5. The quantitative estimate of drug-likeness (QED) is 0.273. The van der Waals surface area contributed by atoms with Gasteiger partial charge in [0.1, 0.15) is 0 Å². The number of hydrogen-bond donors (Lipinski definition) is 1. The third kappa shape index (κ3) is 12.4. The molecule has 0 saturated carbocycles. The lowest BCUT2D eigenvalue weighted by Gasteiger charge is -2.08. The van der Waals surface area contributed by atoms with Crippen LogP contribution in [-0.4, -0.2) is 24.1 Å². The van der Waals surface area contributed by atoms with E-state index in [0.29, 0.717) is 13.0 Å². The fourth-order valence-corrected chi connectivity index (χ4v) is 2.37. The number of unbranched alkanes of at least 4 members (excludes halogenated alkanes) is 9. The van der Waals surface area contributed by atoms with Gasteiger partial charge >= 0.3 is 0 Å². The molecule has 0 bridgehead atoms. The van der Waals surface area contributed by atoms with Gasteiger partial charge in [0.15, 0.2) is 0 Å². The molecule has 1 atom stereocenters. The van der Waals surface area contributed by atoms with Crippen LogP contribution in [0.15, 0.2) is 0 Å².